The number of amides is 1. The minimum Gasteiger partial charge on any atom is -0.497 e. The van der Waals surface area contributed by atoms with Gasteiger partial charge in [-0.15, -0.1) is 0 Å². The molecule has 2 heterocycles. The van der Waals surface area contributed by atoms with Crippen LogP contribution < -0.4 is 4.74 Å². The van der Waals surface area contributed by atoms with Gasteiger partial charge in [-0.05, 0) is 32.9 Å². The van der Waals surface area contributed by atoms with E-state index in [0.29, 0.717) is 13.1 Å². The van der Waals surface area contributed by atoms with Crippen LogP contribution in [-0.2, 0) is 17.7 Å². The van der Waals surface area contributed by atoms with E-state index in [-0.39, 0.29) is 6.09 Å². The van der Waals surface area contributed by atoms with E-state index in [0.717, 1.165) is 23.1 Å². The summed E-state index contributed by atoms with van der Waals surface area (Å²) in [4.78, 5) is 17.5. The highest BCUT2D eigenvalue weighted by atomic mass is 16.6. The molecule has 118 valence electrons. The molecule has 1 aliphatic rings. The van der Waals surface area contributed by atoms with Gasteiger partial charge in [-0.25, -0.2) is 4.79 Å². The van der Waals surface area contributed by atoms with Crippen molar-refractivity contribution in [1.82, 2.24) is 9.88 Å². The molecule has 5 nitrogen and oxygen atoms in total. The van der Waals surface area contributed by atoms with Crippen molar-refractivity contribution in [1.29, 1.82) is 0 Å². The van der Waals surface area contributed by atoms with Gasteiger partial charge in [0.05, 0.1) is 13.7 Å². The molecule has 1 amide bonds. The van der Waals surface area contributed by atoms with Crippen molar-refractivity contribution >= 4 is 17.0 Å². The minimum atomic E-state index is -0.467. The van der Waals surface area contributed by atoms with Gasteiger partial charge in [-0.2, -0.15) is 0 Å². The Balaban J connectivity index is 1.87. The molecule has 0 unspecified atom stereocenters. The lowest BCUT2D eigenvalue weighted by Crippen LogP contribution is -2.39. The second-order valence-electron chi connectivity index (χ2n) is 6.65. The Morgan fingerprint density at radius 1 is 1.32 bits per heavy atom. The normalized spacial score (nSPS) is 14.8. The quantitative estimate of drug-likeness (QED) is 0.877. The van der Waals surface area contributed by atoms with E-state index in [1.165, 1.54) is 11.3 Å². The molecule has 5 heteroatoms. The Morgan fingerprint density at radius 3 is 2.77 bits per heavy atom. The number of nitrogens with zero attached hydrogens (tertiary/aromatic N) is 1. The highest BCUT2D eigenvalue weighted by molar-refractivity contribution is 5.86. The molecule has 2 aromatic rings. The third kappa shape index (κ3) is 2.75. The summed E-state index contributed by atoms with van der Waals surface area (Å²) in [6.07, 6.45) is 0.562. The van der Waals surface area contributed by atoms with Gasteiger partial charge >= 0.3 is 6.09 Å². The average molecular weight is 302 g/mol. The first-order chi connectivity index (χ1) is 10.4. The topological polar surface area (TPSA) is 54.6 Å². The first-order valence-electron chi connectivity index (χ1n) is 7.53. The fraction of sp³-hybridized carbons (Fsp3) is 0.471. The summed E-state index contributed by atoms with van der Waals surface area (Å²) in [5, 5.41) is 1.14. The van der Waals surface area contributed by atoms with E-state index < -0.39 is 5.60 Å². The zero-order valence-electron chi connectivity index (χ0n) is 13.5. The Hall–Kier alpha value is -2.17. The smallest absolute Gasteiger partial charge is 0.410 e. The molecule has 0 spiro atoms. The van der Waals surface area contributed by atoms with Crippen molar-refractivity contribution in [2.75, 3.05) is 13.7 Å². The molecule has 0 radical (unpaired) electrons. The fourth-order valence-corrected chi connectivity index (χ4v) is 2.81. The molecule has 22 heavy (non-hydrogen) atoms. The van der Waals surface area contributed by atoms with Crippen molar-refractivity contribution in [3.05, 3.63) is 29.5 Å². The number of nitrogens with one attached hydrogen (secondary N) is 1. The maximum atomic E-state index is 12.3. The monoisotopic (exact) mass is 302 g/mol. The summed E-state index contributed by atoms with van der Waals surface area (Å²) >= 11 is 0. The van der Waals surface area contributed by atoms with Gasteiger partial charge in [0.1, 0.15) is 11.4 Å². The van der Waals surface area contributed by atoms with Crippen molar-refractivity contribution in [2.24, 2.45) is 0 Å². The molecule has 1 aliphatic heterocycles. The minimum absolute atomic E-state index is 0.249. The van der Waals surface area contributed by atoms with E-state index >= 15 is 0 Å². The van der Waals surface area contributed by atoms with Crippen LogP contribution in [0.2, 0.25) is 0 Å². The Morgan fingerprint density at radius 2 is 2.09 bits per heavy atom. The number of hydrogen-bond acceptors (Lipinski definition) is 3. The summed E-state index contributed by atoms with van der Waals surface area (Å²) in [7, 11) is 1.66. The van der Waals surface area contributed by atoms with Gasteiger partial charge in [0.2, 0.25) is 0 Å². The molecule has 1 N–H and O–H groups in total. The van der Waals surface area contributed by atoms with Crippen LogP contribution in [0.5, 0.6) is 5.75 Å². The molecule has 3 rings (SSSR count). The van der Waals surface area contributed by atoms with E-state index in [9.17, 15) is 4.79 Å². The second kappa shape index (κ2) is 5.23. The Kier molecular flexibility index (Phi) is 3.51. The van der Waals surface area contributed by atoms with Crippen LogP contribution in [0.15, 0.2) is 18.2 Å². The first kappa shape index (κ1) is 14.8. The number of fused-ring (bicyclic) bond motifs is 3. The second-order valence-corrected chi connectivity index (χ2v) is 6.65. The summed E-state index contributed by atoms with van der Waals surface area (Å²) < 4.78 is 10.7. The number of methoxy groups -OCH3 is 1. The van der Waals surface area contributed by atoms with Crippen molar-refractivity contribution in [3.63, 3.8) is 0 Å². The largest absolute Gasteiger partial charge is 0.497 e. The predicted octanol–water partition coefficient (Wildman–Crippen LogP) is 3.47. The lowest BCUT2D eigenvalue weighted by molar-refractivity contribution is 0.0224. The molecular formula is C17H22N2O3. The number of aromatic nitrogens is 1. The summed E-state index contributed by atoms with van der Waals surface area (Å²) in [6, 6.07) is 5.98. The molecule has 0 fully saturated rings. The Bertz CT molecular complexity index is 712. The van der Waals surface area contributed by atoms with E-state index in [4.69, 9.17) is 9.47 Å². The lowest BCUT2D eigenvalue weighted by atomic mass is 10.0. The van der Waals surface area contributed by atoms with Crippen molar-refractivity contribution in [3.8, 4) is 5.75 Å². The van der Waals surface area contributed by atoms with Crippen LogP contribution in [0.4, 0.5) is 4.79 Å². The van der Waals surface area contributed by atoms with Gasteiger partial charge in [-0.1, -0.05) is 0 Å². The van der Waals surface area contributed by atoms with E-state index in [1.54, 1.807) is 12.0 Å². The van der Waals surface area contributed by atoms with Gasteiger partial charge < -0.3 is 19.4 Å². The number of carbonyl (C=O) groups is 1. The average Bonchev–Trinajstić information content (AvgIpc) is 2.81. The SMILES string of the molecule is COc1ccc2c3c([nH]c2c1)CCN(C(=O)OC(C)(C)C)C3. The van der Waals surface area contributed by atoms with Crippen LogP contribution in [-0.4, -0.2) is 35.2 Å². The molecule has 1 aromatic heterocycles. The molecular weight excluding hydrogens is 280 g/mol. The van der Waals surface area contributed by atoms with E-state index in [2.05, 4.69) is 4.98 Å². The van der Waals surface area contributed by atoms with Crippen molar-refractivity contribution in [2.45, 2.75) is 39.3 Å². The third-order valence-corrected chi connectivity index (χ3v) is 3.83. The summed E-state index contributed by atoms with van der Waals surface area (Å²) in [5.74, 6) is 0.829. The van der Waals surface area contributed by atoms with Gasteiger partial charge in [0.15, 0.2) is 0 Å². The maximum Gasteiger partial charge on any atom is 0.410 e. The molecule has 1 aromatic carbocycles. The zero-order chi connectivity index (χ0) is 15.9. The first-order valence-corrected chi connectivity index (χ1v) is 7.53. The Labute approximate surface area is 130 Å². The molecule has 0 saturated carbocycles. The molecule has 0 saturated heterocycles. The third-order valence-electron chi connectivity index (χ3n) is 3.83. The fourth-order valence-electron chi connectivity index (χ4n) is 2.81. The van der Waals surface area contributed by atoms with Crippen LogP contribution in [0.1, 0.15) is 32.0 Å². The van der Waals surface area contributed by atoms with Crippen molar-refractivity contribution < 1.29 is 14.3 Å². The summed E-state index contributed by atoms with van der Waals surface area (Å²) in [6.45, 7) is 6.91. The zero-order valence-corrected chi connectivity index (χ0v) is 13.5. The van der Waals surface area contributed by atoms with Crippen LogP contribution in [0.25, 0.3) is 10.9 Å². The number of benzene rings is 1. The number of H-pyrrole nitrogens is 1. The predicted molar refractivity (Wildman–Crippen MR) is 85.2 cm³/mol. The number of aromatic amines is 1. The van der Waals surface area contributed by atoms with Gasteiger partial charge in [-0.3, -0.25) is 0 Å². The van der Waals surface area contributed by atoms with Gasteiger partial charge in [0.25, 0.3) is 0 Å². The molecule has 0 atom stereocenters. The van der Waals surface area contributed by atoms with Crippen LogP contribution in [0, 0.1) is 0 Å². The number of hydrogen-bond donors (Lipinski definition) is 1. The number of ether oxygens (including phenoxy) is 2. The number of rotatable bonds is 1. The van der Waals surface area contributed by atoms with Gasteiger partial charge in [0, 0.05) is 41.2 Å². The highest BCUT2D eigenvalue weighted by Crippen LogP contribution is 2.30. The lowest BCUT2D eigenvalue weighted by Gasteiger charge is -2.30. The van der Waals surface area contributed by atoms with E-state index in [1.807, 2.05) is 39.0 Å². The molecule has 0 aliphatic carbocycles. The standard InChI is InChI=1S/C17H22N2O3/c1-17(2,3)22-16(20)19-8-7-14-13(10-19)12-6-5-11(21-4)9-15(12)18-14/h5-6,9,18H,7-8,10H2,1-4H3. The maximum absolute atomic E-state index is 12.3. The highest BCUT2D eigenvalue weighted by Gasteiger charge is 2.27. The summed E-state index contributed by atoms with van der Waals surface area (Å²) in [5.41, 5.74) is 2.96. The van der Waals surface area contributed by atoms with Crippen LogP contribution >= 0.6 is 0 Å². The number of carbonyl (C=O) groups excluding carboxylic acids is 1. The van der Waals surface area contributed by atoms with Crippen LogP contribution in [0.3, 0.4) is 0 Å². The molecule has 0 bridgehead atoms.